The summed E-state index contributed by atoms with van der Waals surface area (Å²) >= 11 is 0. The van der Waals surface area contributed by atoms with Gasteiger partial charge in [0.15, 0.2) is 0 Å². The summed E-state index contributed by atoms with van der Waals surface area (Å²) < 4.78 is 7.69. The minimum Gasteiger partial charge on any atom is -0.484 e. The standard InChI is InChI=1S/C18H15N4O.Ir/c1-12(2)22-17(19-11-20-22)14-8-9-16-15(10-14)21-18(23-16)13-6-4-3-5-7-13;/h3-7,9-12H,1-2H3;/q-1;. The fourth-order valence-corrected chi connectivity index (χ4v) is 2.53. The van der Waals surface area contributed by atoms with Crippen molar-refractivity contribution in [2.24, 2.45) is 0 Å². The molecule has 2 heterocycles. The molecule has 4 aromatic rings. The van der Waals surface area contributed by atoms with Gasteiger partial charge in [-0.3, -0.25) is 9.67 Å². The van der Waals surface area contributed by atoms with E-state index in [0.29, 0.717) is 11.5 Å². The largest absolute Gasteiger partial charge is 0.484 e. The Kier molecular flexibility index (Phi) is 4.60. The van der Waals surface area contributed by atoms with Gasteiger partial charge in [0.05, 0.1) is 11.4 Å². The van der Waals surface area contributed by atoms with Crippen LogP contribution in [-0.4, -0.2) is 19.7 Å². The average Bonchev–Trinajstić information content (AvgIpc) is 3.21. The molecule has 0 bridgehead atoms. The van der Waals surface area contributed by atoms with Gasteiger partial charge in [-0.05, 0) is 26.0 Å². The van der Waals surface area contributed by atoms with Crippen molar-refractivity contribution in [3.05, 3.63) is 54.9 Å². The Morgan fingerprint density at radius 2 is 1.96 bits per heavy atom. The predicted molar refractivity (Wildman–Crippen MR) is 87.7 cm³/mol. The van der Waals surface area contributed by atoms with E-state index in [1.807, 2.05) is 47.1 Å². The monoisotopic (exact) mass is 496 g/mol. The quantitative estimate of drug-likeness (QED) is 0.401. The second kappa shape index (κ2) is 6.67. The molecule has 2 aromatic carbocycles. The van der Waals surface area contributed by atoms with Crippen molar-refractivity contribution < 1.29 is 24.5 Å². The maximum atomic E-state index is 5.82. The summed E-state index contributed by atoms with van der Waals surface area (Å²) in [4.78, 5) is 8.93. The first kappa shape index (κ1) is 16.6. The molecule has 5 nitrogen and oxygen atoms in total. The van der Waals surface area contributed by atoms with Crippen LogP contribution in [-0.2, 0) is 20.1 Å². The van der Waals surface area contributed by atoms with Crippen molar-refractivity contribution in [1.29, 1.82) is 0 Å². The Balaban J connectivity index is 0.00000169. The first-order chi connectivity index (χ1) is 11.2. The first-order valence-electron chi connectivity index (χ1n) is 7.50. The van der Waals surface area contributed by atoms with Crippen LogP contribution in [0, 0.1) is 6.07 Å². The van der Waals surface area contributed by atoms with Crippen molar-refractivity contribution in [3.8, 4) is 22.8 Å². The van der Waals surface area contributed by atoms with Crippen LogP contribution >= 0.6 is 0 Å². The van der Waals surface area contributed by atoms with Crippen molar-refractivity contribution in [2.45, 2.75) is 19.9 Å². The van der Waals surface area contributed by atoms with Crippen molar-refractivity contribution in [3.63, 3.8) is 0 Å². The molecule has 0 aliphatic carbocycles. The molecule has 0 saturated carbocycles. The number of hydrogen-bond donors (Lipinski definition) is 0. The molecule has 0 aliphatic heterocycles. The topological polar surface area (TPSA) is 56.7 Å². The molecule has 0 N–H and O–H groups in total. The third-order valence-corrected chi connectivity index (χ3v) is 3.64. The van der Waals surface area contributed by atoms with E-state index < -0.39 is 0 Å². The second-order valence-corrected chi connectivity index (χ2v) is 5.60. The third kappa shape index (κ3) is 2.90. The Morgan fingerprint density at radius 3 is 2.71 bits per heavy atom. The van der Waals surface area contributed by atoms with Crippen LogP contribution < -0.4 is 0 Å². The normalized spacial score (nSPS) is 11.0. The summed E-state index contributed by atoms with van der Waals surface area (Å²) in [6, 6.07) is 17.0. The van der Waals surface area contributed by atoms with Crippen molar-refractivity contribution in [1.82, 2.24) is 19.7 Å². The number of benzene rings is 2. The van der Waals surface area contributed by atoms with E-state index in [9.17, 15) is 0 Å². The van der Waals surface area contributed by atoms with E-state index in [4.69, 9.17) is 4.42 Å². The van der Waals surface area contributed by atoms with Crippen LogP contribution in [0.3, 0.4) is 0 Å². The summed E-state index contributed by atoms with van der Waals surface area (Å²) in [6.45, 7) is 4.14. The number of nitrogens with zero attached hydrogens (tertiary/aromatic N) is 4. The van der Waals surface area contributed by atoms with E-state index in [-0.39, 0.29) is 26.1 Å². The van der Waals surface area contributed by atoms with Gasteiger partial charge >= 0.3 is 0 Å². The Labute approximate surface area is 153 Å². The molecule has 1 radical (unpaired) electrons. The van der Waals surface area contributed by atoms with Crippen molar-refractivity contribution in [2.75, 3.05) is 0 Å². The van der Waals surface area contributed by atoms with Gasteiger partial charge in [-0.25, -0.2) is 4.98 Å². The zero-order chi connectivity index (χ0) is 15.8. The Morgan fingerprint density at radius 1 is 1.17 bits per heavy atom. The van der Waals surface area contributed by atoms with Gasteiger partial charge in [-0.1, -0.05) is 18.2 Å². The van der Waals surface area contributed by atoms with Crippen LogP contribution in [0.5, 0.6) is 0 Å². The average molecular weight is 496 g/mol. The van der Waals surface area contributed by atoms with Gasteiger partial charge in [0, 0.05) is 37.2 Å². The van der Waals surface area contributed by atoms with E-state index in [1.54, 1.807) is 6.33 Å². The smallest absolute Gasteiger partial charge is 0.216 e. The van der Waals surface area contributed by atoms with Gasteiger partial charge in [0.25, 0.3) is 0 Å². The van der Waals surface area contributed by atoms with E-state index in [0.717, 1.165) is 22.5 Å². The fourth-order valence-electron chi connectivity index (χ4n) is 2.53. The number of fused-ring (bicyclic) bond motifs is 1. The summed E-state index contributed by atoms with van der Waals surface area (Å²) in [5.74, 6) is 1.39. The van der Waals surface area contributed by atoms with E-state index in [2.05, 4.69) is 35.0 Å². The molecule has 0 unspecified atom stereocenters. The summed E-state index contributed by atoms with van der Waals surface area (Å²) in [7, 11) is 0. The molecule has 0 atom stereocenters. The summed E-state index contributed by atoms with van der Waals surface area (Å²) in [5, 5.41) is 4.27. The van der Waals surface area contributed by atoms with Gasteiger partial charge < -0.3 is 4.42 Å². The summed E-state index contributed by atoms with van der Waals surface area (Å²) in [6.07, 6.45) is 1.56. The molecule has 24 heavy (non-hydrogen) atoms. The zero-order valence-corrected chi connectivity index (χ0v) is 15.6. The van der Waals surface area contributed by atoms with Crippen molar-refractivity contribution >= 4 is 11.1 Å². The minimum absolute atomic E-state index is 0. The molecular formula is C18H15IrN4O-. The van der Waals surface area contributed by atoms with Crippen LogP contribution in [0.2, 0.25) is 0 Å². The first-order valence-corrected chi connectivity index (χ1v) is 7.50. The summed E-state index contributed by atoms with van der Waals surface area (Å²) in [5.41, 5.74) is 3.31. The molecule has 123 valence electrons. The van der Waals surface area contributed by atoms with Gasteiger partial charge in [0.2, 0.25) is 5.89 Å². The minimum atomic E-state index is 0. The van der Waals surface area contributed by atoms with E-state index >= 15 is 0 Å². The molecule has 0 amide bonds. The van der Waals surface area contributed by atoms with Crippen LogP contribution in [0.25, 0.3) is 33.9 Å². The molecule has 6 heteroatoms. The molecular weight excluding hydrogens is 480 g/mol. The Bertz CT molecular complexity index is 959. The molecule has 0 fully saturated rings. The SMILES string of the molecule is CC(C)n1ncnc1-c1[c-]cc2oc(-c3ccccc3)nc2c1.[Ir]. The number of aromatic nitrogens is 4. The molecule has 2 aromatic heterocycles. The number of oxazole rings is 1. The maximum absolute atomic E-state index is 5.82. The number of hydrogen-bond acceptors (Lipinski definition) is 4. The second-order valence-electron chi connectivity index (χ2n) is 5.60. The van der Waals surface area contributed by atoms with Gasteiger partial charge in [-0.2, -0.15) is 5.10 Å². The molecule has 0 aliphatic rings. The third-order valence-electron chi connectivity index (χ3n) is 3.64. The van der Waals surface area contributed by atoms with Crippen LogP contribution in [0.1, 0.15) is 19.9 Å². The number of rotatable bonds is 3. The van der Waals surface area contributed by atoms with Gasteiger partial charge in [-0.15, -0.1) is 23.8 Å². The van der Waals surface area contributed by atoms with E-state index in [1.165, 1.54) is 0 Å². The maximum Gasteiger partial charge on any atom is 0.216 e. The predicted octanol–water partition coefficient (Wildman–Crippen LogP) is 4.13. The molecule has 0 spiro atoms. The fraction of sp³-hybridized carbons (Fsp3) is 0.167. The molecule has 4 rings (SSSR count). The zero-order valence-electron chi connectivity index (χ0n) is 13.2. The Hall–Kier alpha value is -2.30. The van der Waals surface area contributed by atoms with Gasteiger partial charge in [0.1, 0.15) is 6.33 Å². The molecule has 0 saturated heterocycles. The van der Waals surface area contributed by atoms with Crippen LogP contribution in [0.15, 0.2) is 53.2 Å². The van der Waals surface area contributed by atoms with Crippen LogP contribution in [0.4, 0.5) is 0 Å².